The van der Waals surface area contributed by atoms with E-state index in [4.69, 9.17) is 0 Å². The molecule has 4 nitrogen and oxygen atoms in total. The van der Waals surface area contributed by atoms with Gasteiger partial charge in [-0.2, -0.15) is 0 Å². The van der Waals surface area contributed by atoms with Gasteiger partial charge < -0.3 is 9.80 Å². The lowest BCUT2D eigenvalue weighted by Gasteiger charge is -2.42. The third-order valence-corrected chi connectivity index (χ3v) is 3.73. The quantitative estimate of drug-likeness (QED) is 0.620. The van der Waals surface area contributed by atoms with Crippen LogP contribution in [0.2, 0.25) is 0 Å². The lowest BCUT2D eigenvalue weighted by molar-refractivity contribution is 0.0632. The molecule has 0 radical (unpaired) electrons. The Morgan fingerprint density at radius 2 is 1.81 bits per heavy atom. The van der Waals surface area contributed by atoms with E-state index < -0.39 is 0 Å². The molecule has 2 atom stereocenters. The van der Waals surface area contributed by atoms with Gasteiger partial charge in [0.25, 0.3) is 0 Å². The predicted octanol–water partition coefficient (Wildman–Crippen LogP) is 1.22. The second-order valence-electron chi connectivity index (χ2n) is 6.20. The molecule has 2 bridgehead atoms. The Kier molecular flexibility index (Phi) is 2.65. The molecule has 0 aliphatic carbocycles. The van der Waals surface area contributed by atoms with E-state index in [9.17, 15) is 4.79 Å². The summed E-state index contributed by atoms with van der Waals surface area (Å²) >= 11 is 0. The number of nitrogens with zero attached hydrogens (tertiary/aromatic N) is 3. The molecule has 2 aliphatic heterocycles. The average molecular weight is 225 g/mol. The molecule has 2 fully saturated rings. The molecular weight excluding hydrogens is 202 g/mol. The van der Waals surface area contributed by atoms with E-state index in [-0.39, 0.29) is 11.6 Å². The van der Waals surface area contributed by atoms with Crippen molar-refractivity contribution in [2.75, 3.05) is 27.2 Å². The molecule has 16 heavy (non-hydrogen) atoms. The highest BCUT2D eigenvalue weighted by molar-refractivity contribution is 5.74. The summed E-state index contributed by atoms with van der Waals surface area (Å²) in [5.41, 5.74) is 0.229. The fourth-order valence-corrected chi connectivity index (χ4v) is 2.98. The molecule has 2 heterocycles. The van der Waals surface area contributed by atoms with Crippen LogP contribution in [-0.2, 0) is 0 Å². The SMILES string of the molecule is CN(C)C(=O)N1C[C@@H]2C[C@H]1CN2C(C)(C)C. The maximum Gasteiger partial charge on any atom is 0.319 e. The van der Waals surface area contributed by atoms with Crippen molar-refractivity contribution in [3.05, 3.63) is 0 Å². The maximum absolute atomic E-state index is 11.9. The van der Waals surface area contributed by atoms with Crippen molar-refractivity contribution >= 4 is 6.03 Å². The lowest BCUT2D eigenvalue weighted by atomic mass is 10.0. The van der Waals surface area contributed by atoms with Gasteiger partial charge in [-0.15, -0.1) is 0 Å². The zero-order valence-electron chi connectivity index (χ0n) is 11.0. The van der Waals surface area contributed by atoms with Crippen molar-refractivity contribution in [3.8, 4) is 0 Å². The van der Waals surface area contributed by atoms with Gasteiger partial charge in [-0.05, 0) is 27.2 Å². The molecule has 0 aromatic rings. The number of likely N-dealkylation sites (tertiary alicyclic amines) is 2. The Bertz CT molecular complexity index is 295. The van der Waals surface area contributed by atoms with Gasteiger partial charge in [-0.25, -0.2) is 4.79 Å². The molecular formula is C12H23N3O. The Morgan fingerprint density at radius 3 is 2.19 bits per heavy atom. The molecule has 2 amide bonds. The number of carbonyl (C=O) groups is 1. The van der Waals surface area contributed by atoms with Gasteiger partial charge in [0, 0.05) is 44.8 Å². The summed E-state index contributed by atoms with van der Waals surface area (Å²) in [6, 6.07) is 1.16. The molecule has 2 aliphatic rings. The highest BCUT2D eigenvalue weighted by atomic mass is 16.2. The minimum atomic E-state index is 0.168. The normalized spacial score (nSPS) is 29.9. The van der Waals surface area contributed by atoms with Crippen LogP contribution in [0.5, 0.6) is 0 Å². The average Bonchev–Trinajstić information content (AvgIpc) is 2.73. The van der Waals surface area contributed by atoms with Crippen LogP contribution < -0.4 is 0 Å². The van der Waals surface area contributed by atoms with Gasteiger partial charge in [0.05, 0.1) is 0 Å². The largest absolute Gasteiger partial charge is 0.331 e. The Labute approximate surface area is 98.2 Å². The zero-order valence-corrected chi connectivity index (χ0v) is 11.0. The van der Waals surface area contributed by atoms with Crippen molar-refractivity contribution in [2.24, 2.45) is 0 Å². The molecule has 0 unspecified atom stereocenters. The van der Waals surface area contributed by atoms with Gasteiger partial charge in [0.15, 0.2) is 0 Å². The molecule has 2 saturated heterocycles. The molecule has 0 spiro atoms. The smallest absolute Gasteiger partial charge is 0.319 e. The second kappa shape index (κ2) is 3.62. The number of carbonyl (C=O) groups excluding carboxylic acids is 1. The number of hydrogen-bond donors (Lipinski definition) is 0. The first kappa shape index (κ1) is 11.7. The molecule has 0 aromatic heterocycles. The first-order valence-corrected chi connectivity index (χ1v) is 6.05. The molecule has 92 valence electrons. The van der Waals surface area contributed by atoms with Gasteiger partial charge in [0.1, 0.15) is 0 Å². The van der Waals surface area contributed by atoms with Gasteiger partial charge in [-0.3, -0.25) is 4.90 Å². The zero-order chi connectivity index (χ0) is 12.1. The first-order chi connectivity index (χ1) is 7.30. The lowest BCUT2D eigenvalue weighted by Crippen LogP contribution is -2.56. The third kappa shape index (κ3) is 1.79. The predicted molar refractivity (Wildman–Crippen MR) is 64.4 cm³/mol. The number of fused-ring (bicyclic) bond motifs is 2. The summed E-state index contributed by atoms with van der Waals surface area (Å²) in [6.45, 7) is 8.70. The fraction of sp³-hybridized carbons (Fsp3) is 0.917. The highest BCUT2D eigenvalue weighted by Gasteiger charge is 2.48. The number of urea groups is 1. The topological polar surface area (TPSA) is 26.8 Å². The van der Waals surface area contributed by atoms with Crippen LogP contribution in [0, 0.1) is 0 Å². The molecule has 2 rings (SSSR count). The van der Waals surface area contributed by atoms with Crippen molar-refractivity contribution in [2.45, 2.75) is 44.8 Å². The number of piperazine rings is 1. The van der Waals surface area contributed by atoms with Crippen LogP contribution in [0.15, 0.2) is 0 Å². The van der Waals surface area contributed by atoms with Crippen molar-refractivity contribution < 1.29 is 4.79 Å². The van der Waals surface area contributed by atoms with E-state index in [0.717, 1.165) is 19.5 Å². The van der Waals surface area contributed by atoms with Crippen molar-refractivity contribution in [1.82, 2.24) is 14.7 Å². The van der Waals surface area contributed by atoms with Crippen LogP contribution in [0.1, 0.15) is 27.2 Å². The van der Waals surface area contributed by atoms with Crippen LogP contribution in [0.4, 0.5) is 4.79 Å². The van der Waals surface area contributed by atoms with E-state index in [0.29, 0.717) is 12.1 Å². The summed E-state index contributed by atoms with van der Waals surface area (Å²) in [6.07, 6.45) is 1.15. The summed E-state index contributed by atoms with van der Waals surface area (Å²) in [5, 5.41) is 0. The van der Waals surface area contributed by atoms with E-state index in [1.54, 1.807) is 4.90 Å². The molecule has 0 aromatic carbocycles. The third-order valence-electron chi connectivity index (χ3n) is 3.73. The Hall–Kier alpha value is -0.770. The van der Waals surface area contributed by atoms with E-state index in [1.807, 2.05) is 19.0 Å². The van der Waals surface area contributed by atoms with Crippen molar-refractivity contribution in [1.29, 1.82) is 0 Å². The van der Waals surface area contributed by atoms with Gasteiger partial charge in [0.2, 0.25) is 0 Å². The van der Waals surface area contributed by atoms with Crippen LogP contribution >= 0.6 is 0 Å². The van der Waals surface area contributed by atoms with Crippen molar-refractivity contribution in [3.63, 3.8) is 0 Å². The van der Waals surface area contributed by atoms with Crippen LogP contribution in [-0.4, -0.2) is 65.5 Å². The highest BCUT2D eigenvalue weighted by Crippen LogP contribution is 2.35. The number of amides is 2. The van der Waals surface area contributed by atoms with E-state index >= 15 is 0 Å². The molecule has 4 heteroatoms. The Balaban J connectivity index is 2.04. The Morgan fingerprint density at radius 1 is 1.19 bits per heavy atom. The fourth-order valence-electron chi connectivity index (χ4n) is 2.98. The number of rotatable bonds is 0. The summed E-state index contributed by atoms with van der Waals surface area (Å²) < 4.78 is 0. The maximum atomic E-state index is 11.9. The first-order valence-electron chi connectivity index (χ1n) is 6.05. The monoisotopic (exact) mass is 225 g/mol. The van der Waals surface area contributed by atoms with Crippen LogP contribution in [0.25, 0.3) is 0 Å². The van der Waals surface area contributed by atoms with Gasteiger partial charge >= 0.3 is 6.03 Å². The van der Waals surface area contributed by atoms with Crippen LogP contribution in [0.3, 0.4) is 0 Å². The summed E-state index contributed by atoms with van der Waals surface area (Å²) in [7, 11) is 3.66. The summed E-state index contributed by atoms with van der Waals surface area (Å²) in [4.78, 5) is 18.2. The molecule has 0 saturated carbocycles. The second-order valence-corrected chi connectivity index (χ2v) is 6.20. The molecule has 0 N–H and O–H groups in total. The minimum absolute atomic E-state index is 0.168. The van der Waals surface area contributed by atoms with Gasteiger partial charge in [-0.1, -0.05) is 0 Å². The van der Waals surface area contributed by atoms with E-state index in [1.165, 1.54) is 0 Å². The van der Waals surface area contributed by atoms with E-state index in [2.05, 4.69) is 25.7 Å². The minimum Gasteiger partial charge on any atom is -0.331 e. The number of hydrogen-bond acceptors (Lipinski definition) is 2. The summed E-state index contributed by atoms with van der Waals surface area (Å²) in [5.74, 6) is 0. The standard InChI is InChI=1S/C12H23N3O/c1-12(2,3)15-8-9-6-10(15)7-14(9)11(16)13(4)5/h9-10H,6-8H2,1-5H3/t9-,10-/m0/s1.